The van der Waals surface area contributed by atoms with Crippen LogP contribution in [0.4, 0.5) is 0 Å². The van der Waals surface area contributed by atoms with Crippen LogP contribution in [-0.4, -0.2) is 55.0 Å². The summed E-state index contributed by atoms with van der Waals surface area (Å²) < 4.78 is 0. The Morgan fingerprint density at radius 1 is 1.35 bits per heavy atom. The largest absolute Gasteiger partial charge is 0.337 e. The summed E-state index contributed by atoms with van der Waals surface area (Å²) in [5.74, 6) is 0.985. The van der Waals surface area contributed by atoms with Gasteiger partial charge in [0.15, 0.2) is 0 Å². The molecule has 0 radical (unpaired) electrons. The maximum absolute atomic E-state index is 12.5. The second-order valence-corrected chi connectivity index (χ2v) is 5.68. The number of likely N-dealkylation sites (N-methyl/N-ethyl adjacent to an activating group) is 1. The van der Waals surface area contributed by atoms with Crippen LogP contribution in [0, 0.1) is 11.8 Å². The first-order valence-corrected chi connectivity index (χ1v) is 6.82. The summed E-state index contributed by atoms with van der Waals surface area (Å²) in [5.41, 5.74) is 5.77. The molecule has 0 aromatic rings. The number of piperazine rings is 1. The molecular weight excluding hydrogens is 214 g/mol. The van der Waals surface area contributed by atoms with E-state index < -0.39 is 0 Å². The number of nitrogens with two attached hydrogens (primary N) is 1. The predicted octanol–water partition coefficient (Wildman–Crippen LogP) is 0.524. The van der Waals surface area contributed by atoms with Crippen molar-refractivity contribution in [1.29, 1.82) is 0 Å². The molecule has 1 saturated heterocycles. The molecule has 1 saturated carbocycles. The molecule has 0 aromatic carbocycles. The van der Waals surface area contributed by atoms with Gasteiger partial charge in [-0.2, -0.15) is 0 Å². The zero-order valence-corrected chi connectivity index (χ0v) is 11.1. The van der Waals surface area contributed by atoms with Crippen LogP contribution in [0.1, 0.15) is 26.2 Å². The van der Waals surface area contributed by atoms with Gasteiger partial charge in [-0.15, -0.1) is 0 Å². The number of amides is 1. The summed E-state index contributed by atoms with van der Waals surface area (Å²) >= 11 is 0. The lowest BCUT2D eigenvalue weighted by Crippen LogP contribution is -2.54. The fourth-order valence-electron chi connectivity index (χ4n) is 3.32. The van der Waals surface area contributed by atoms with Crippen molar-refractivity contribution in [2.24, 2.45) is 17.6 Å². The van der Waals surface area contributed by atoms with Gasteiger partial charge in [0.2, 0.25) is 5.91 Å². The molecule has 98 valence electrons. The average Bonchev–Trinajstić information content (AvgIpc) is 2.76. The zero-order valence-electron chi connectivity index (χ0n) is 11.1. The highest BCUT2D eigenvalue weighted by molar-refractivity contribution is 5.80. The Hall–Kier alpha value is -0.610. The number of rotatable bonds is 2. The van der Waals surface area contributed by atoms with Crippen LogP contribution in [0.5, 0.6) is 0 Å². The molecule has 4 nitrogen and oxygen atoms in total. The summed E-state index contributed by atoms with van der Waals surface area (Å²) in [7, 11) is 2.12. The van der Waals surface area contributed by atoms with E-state index in [9.17, 15) is 4.79 Å². The molecule has 0 bridgehead atoms. The van der Waals surface area contributed by atoms with Crippen molar-refractivity contribution < 1.29 is 4.79 Å². The van der Waals surface area contributed by atoms with E-state index >= 15 is 0 Å². The van der Waals surface area contributed by atoms with E-state index in [4.69, 9.17) is 5.73 Å². The highest BCUT2D eigenvalue weighted by Gasteiger charge is 2.37. The topological polar surface area (TPSA) is 49.6 Å². The quantitative estimate of drug-likeness (QED) is 0.764. The summed E-state index contributed by atoms with van der Waals surface area (Å²) in [6, 6.07) is 0.347. The Bertz CT molecular complexity index is 282. The monoisotopic (exact) mass is 239 g/mol. The molecule has 4 heteroatoms. The lowest BCUT2D eigenvalue weighted by atomic mass is 9.94. The van der Waals surface area contributed by atoms with Gasteiger partial charge >= 0.3 is 0 Å². The Morgan fingerprint density at radius 3 is 2.76 bits per heavy atom. The first-order valence-electron chi connectivity index (χ1n) is 6.82. The lowest BCUT2D eigenvalue weighted by Gasteiger charge is -2.40. The normalized spacial score (nSPS) is 35.2. The molecule has 2 N–H and O–H groups in total. The number of nitrogens with zero attached hydrogens (tertiary/aromatic N) is 2. The summed E-state index contributed by atoms with van der Waals surface area (Å²) in [4.78, 5) is 16.9. The van der Waals surface area contributed by atoms with Gasteiger partial charge in [-0.05, 0) is 39.3 Å². The fraction of sp³-hybridized carbons (Fsp3) is 0.923. The molecule has 1 aliphatic heterocycles. The Labute approximate surface area is 104 Å². The molecule has 2 fully saturated rings. The number of carbonyl (C=O) groups excluding carboxylic acids is 1. The van der Waals surface area contributed by atoms with Crippen LogP contribution < -0.4 is 5.73 Å². The third-order valence-corrected chi connectivity index (χ3v) is 4.39. The SMILES string of the molecule is CC1CN(C)CCN1C(=O)[C@@H]1CCC[C@@H]1CN. The van der Waals surface area contributed by atoms with E-state index in [2.05, 4.69) is 23.8 Å². The van der Waals surface area contributed by atoms with Crippen molar-refractivity contribution in [3.63, 3.8) is 0 Å². The second kappa shape index (κ2) is 5.36. The first kappa shape index (κ1) is 12.8. The molecule has 2 rings (SSSR count). The zero-order chi connectivity index (χ0) is 12.4. The molecule has 2 aliphatic rings. The molecule has 1 unspecified atom stereocenters. The van der Waals surface area contributed by atoms with Gasteiger partial charge in [-0.3, -0.25) is 4.79 Å². The molecule has 1 heterocycles. The van der Waals surface area contributed by atoms with Gasteiger partial charge in [0.25, 0.3) is 0 Å². The third kappa shape index (κ3) is 2.63. The number of hydrogen-bond acceptors (Lipinski definition) is 3. The smallest absolute Gasteiger partial charge is 0.226 e. The summed E-state index contributed by atoms with van der Waals surface area (Å²) in [5, 5.41) is 0. The van der Waals surface area contributed by atoms with Gasteiger partial charge in [0, 0.05) is 31.6 Å². The predicted molar refractivity (Wildman–Crippen MR) is 68.6 cm³/mol. The van der Waals surface area contributed by atoms with Crippen molar-refractivity contribution >= 4 is 5.91 Å². The van der Waals surface area contributed by atoms with E-state index in [1.807, 2.05) is 0 Å². The van der Waals surface area contributed by atoms with Gasteiger partial charge in [-0.1, -0.05) is 6.42 Å². The minimum atomic E-state index is 0.200. The minimum Gasteiger partial charge on any atom is -0.337 e. The van der Waals surface area contributed by atoms with Gasteiger partial charge < -0.3 is 15.5 Å². The Balaban J connectivity index is 1.99. The van der Waals surface area contributed by atoms with Crippen LogP contribution >= 0.6 is 0 Å². The Kier molecular flexibility index (Phi) is 4.05. The molecule has 1 amide bonds. The maximum Gasteiger partial charge on any atom is 0.226 e. The second-order valence-electron chi connectivity index (χ2n) is 5.68. The minimum absolute atomic E-state index is 0.200. The van der Waals surface area contributed by atoms with Crippen LogP contribution in [0.2, 0.25) is 0 Å². The van der Waals surface area contributed by atoms with E-state index in [1.54, 1.807) is 0 Å². The highest BCUT2D eigenvalue weighted by Crippen LogP contribution is 2.33. The van der Waals surface area contributed by atoms with Crippen LogP contribution in [0.3, 0.4) is 0 Å². The summed E-state index contributed by atoms with van der Waals surface area (Å²) in [6.07, 6.45) is 3.34. The van der Waals surface area contributed by atoms with E-state index in [0.29, 0.717) is 24.4 Å². The van der Waals surface area contributed by atoms with E-state index in [-0.39, 0.29) is 5.92 Å². The molecule has 0 spiro atoms. The van der Waals surface area contributed by atoms with Crippen molar-refractivity contribution in [1.82, 2.24) is 9.80 Å². The standard InChI is InChI=1S/C13H25N3O/c1-10-9-15(2)6-7-16(10)13(17)12-5-3-4-11(12)8-14/h10-12H,3-9,14H2,1-2H3/t10?,11-,12-/m1/s1. The Morgan fingerprint density at radius 2 is 2.12 bits per heavy atom. The number of carbonyl (C=O) groups is 1. The molecule has 17 heavy (non-hydrogen) atoms. The first-order chi connectivity index (χ1) is 8.13. The third-order valence-electron chi connectivity index (χ3n) is 4.39. The van der Waals surface area contributed by atoms with Crippen molar-refractivity contribution in [3.8, 4) is 0 Å². The maximum atomic E-state index is 12.5. The van der Waals surface area contributed by atoms with Crippen LogP contribution in [0.25, 0.3) is 0 Å². The van der Waals surface area contributed by atoms with Crippen molar-refractivity contribution in [2.75, 3.05) is 33.2 Å². The lowest BCUT2D eigenvalue weighted by molar-refractivity contribution is -0.140. The molecule has 0 aromatic heterocycles. The van der Waals surface area contributed by atoms with Gasteiger partial charge in [0.1, 0.15) is 0 Å². The van der Waals surface area contributed by atoms with Crippen molar-refractivity contribution in [2.45, 2.75) is 32.2 Å². The summed E-state index contributed by atoms with van der Waals surface area (Å²) in [6.45, 7) is 5.69. The number of hydrogen-bond donors (Lipinski definition) is 1. The van der Waals surface area contributed by atoms with Gasteiger partial charge in [-0.25, -0.2) is 0 Å². The fourth-order valence-corrected chi connectivity index (χ4v) is 3.32. The van der Waals surface area contributed by atoms with E-state index in [1.165, 1.54) is 6.42 Å². The highest BCUT2D eigenvalue weighted by atomic mass is 16.2. The molecule has 1 aliphatic carbocycles. The molecular formula is C13H25N3O. The van der Waals surface area contributed by atoms with Crippen LogP contribution in [0.15, 0.2) is 0 Å². The molecule has 3 atom stereocenters. The van der Waals surface area contributed by atoms with Crippen LogP contribution in [-0.2, 0) is 4.79 Å². The van der Waals surface area contributed by atoms with E-state index in [0.717, 1.165) is 32.5 Å². The van der Waals surface area contributed by atoms with Crippen molar-refractivity contribution in [3.05, 3.63) is 0 Å². The average molecular weight is 239 g/mol. The van der Waals surface area contributed by atoms with Gasteiger partial charge in [0.05, 0.1) is 0 Å².